The number of nitrogens with zero attached hydrogens (tertiary/aromatic N) is 3. The summed E-state index contributed by atoms with van der Waals surface area (Å²) in [7, 11) is 4.01. The van der Waals surface area contributed by atoms with Crippen LogP contribution < -0.4 is 16.4 Å². The van der Waals surface area contributed by atoms with Crippen molar-refractivity contribution in [3.05, 3.63) is 29.6 Å². The van der Waals surface area contributed by atoms with Gasteiger partial charge in [-0.3, -0.25) is 0 Å². The van der Waals surface area contributed by atoms with E-state index < -0.39 is 0 Å². The van der Waals surface area contributed by atoms with Crippen molar-refractivity contribution >= 4 is 28.1 Å². The monoisotopic (exact) mass is 261 g/mol. The third kappa shape index (κ3) is 2.78. The molecule has 0 atom stereocenters. The van der Waals surface area contributed by atoms with Gasteiger partial charge < -0.3 is 16.4 Å². The number of aromatic nitrogens is 1. The smallest absolute Gasteiger partial charge is 0.212 e. The lowest BCUT2D eigenvalue weighted by Crippen LogP contribution is -2.21. The average molecular weight is 261 g/mol. The van der Waals surface area contributed by atoms with Crippen molar-refractivity contribution in [2.24, 2.45) is 16.5 Å². The second-order valence-electron chi connectivity index (χ2n) is 4.00. The quantitative estimate of drug-likeness (QED) is 0.652. The van der Waals surface area contributed by atoms with Gasteiger partial charge in [0.1, 0.15) is 0 Å². The molecule has 1 heterocycles. The first kappa shape index (κ1) is 12.4. The molecule has 0 fully saturated rings. The van der Waals surface area contributed by atoms with Crippen LogP contribution in [-0.2, 0) is 0 Å². The molecule has 0 aliphatic heterocycles. The molecule has 0 saturated carbocycles. The number of hydrogen-bond acceptors (Lipinski definition) is 4. The molecule has 1 aromatic heterocycles. The molecule has 1 aromatic carbocycles. The SMILES string of the molecule is CN(C)c1cccc(-c2csc(N=C(N)N)n2)c1. The molecular formula is C12H15N5S. The van der Waals surface area contributed by atoms with E-state index in [4.69, 9.17) is 11.5 Å². The molecule has 2 aromatic rings. The highest BCUT2D eigenvalue weighted by atomic mass is 32.1. The minimum absolute atomic E-state index is 0.0259. The minimum atomic E-state index is 0.0259. The lowest BCUT2D eigenvalue weighted by molar-refractivity contribution is 1.13. The van der Waals surface area contributed by atoms with Crippen molar-refractivity contribution in [3.63, 3.8) is 0 Å². The average Bonchev–Trinajstić information content (AvgIpc) is 2.77. The van der Waals surface area contributed by atoms with E-state index in [1.807, 2.05) is 42.6 Å². The highest BCUT2D eigenvalue weighted by Crippen LogP contribution is 2.28. The first-order valence-electron chi connectivity index (χ1n) is 5.39. The third-order valence-electron chi connectivity index (χ3n) is 2.38. The largest absolute Gasteiger partial charge is 0.378 e. The number of anilines is 1. The van der Waals surface area contributed by atoms with Gasteiger partial charge in [0.25, 0.3) is 0 Å². The Morgan fingerprint density at radius 1 is 1.33 bits per heavy atom. The zero-order valence-electron chi connectivity index (χ0n) is 10.3. The molecule has 0 unspecified atom stereocenters. The third-order valence-corrected chi connectivity index (χ3v) is 3.11. The van der Waals surface area contributed by atoms with Crippen LogP contribution in [0.4, 0.5) is 10.8 Å². The molecule has 0 amide bonds. The highest BCUT2D eigenvalue weighted by molar-refractivity contribution is 7.13. The second kappa shape index (κ2) is 5.05. The van der Waals surface area contributed by atoms with Gasteiger partial charge in [-0.2, -0.15) is 4.99 Å². The van der Waals surface area contributed by atoms with E-state index in [1.165, 1.54) is 11.3 Å². The van der Waals surface area contributed by atoms with Gasteiger partial charge >= 0.3 is 0 Å². The maximum absolute atomic E-state index is 5.32. The van der Waals surface area contributed by atoms with E-state index in [0.29, 0.717) is 5.13 Å². The Morgan fingerprint density at radius 3 is 2.78 bits per heavy atom. The maximum Gasteiger partial charge on any atom is 0.212 e. The predicted molar refractivity (Wildman–Crippen MR) is 77.3 cm³/mol. The van der Waals surface area contributed by atoms with Gasteiger partial charge in [0.2, 0.25) is 5.13 Å². The Bertz CT molecular complexity index is 569. The number of guanidine groups is 1. The van der Waals surface area contributed by atoms with Gasteiger partial charge in [0.15, 0.2) is 5.96 Å². The second-order valence-corrected chi connectivity index (χ2v) is 4.83. The summed E-state index contributed by atoms with van der Waals surface area (Å²) >= 11 is 1.41. The number of rotatable bonds is 3. The Kier molecular flexibility index (Phi) is 3.47. The van der Waals surface area contributed by atoms with Crippen molar-refractivity contribution < 1.29 is 0 Å². The van der Waals surface area contributed by atoms with E-state index in [9.17, 15) is 0 Å². The summed E-state index contributed by atoms with van der Waals surface area (Å²) in [4.78, 5) is 10.4. The summed E-state index contributed by atoms with van der Waals surface area (Å²) in [6.45, 7) is 0. The zero-order valence-corrected chi connectivity index (χ0v) is 11.1. The van der Waals surface area contributed by atoms with Crippen LogP contribution in [0, 0.1) is 0 Å². The van der Waals surface area contributed by atoms with Crippen LogP contribution in [0.3, 0.4) is 0 Å². The standard InChI is InChI=1S/C12H15N5S/c1-17(2)9-5-3-4-8(6-9)10-7-18-12(15-10)16-11(13)14/h3-7H,1-2H3,(H4,13,14,15,16). The van der Waals surface area contributed by atoms with Crippen LogP contribution in [0.2, 0.25) is 0 Å². The number of aliphatic imine (C=N–C) groups is 1. The molecule has 5 nitrogen and oxygen atoms in total. The number of nitrogens with two attached hydrogens (primary N) is 2. The van der Waals surface area contributed by atoms with E-state index >= 15 is 0 Å². The molecule has 2 rings (SSSR count). The van der Waals surface area contributed by atoms with Crippen LogP contribution in [0.25, 0.3) is 11.3 Å². The van der Waals surface area contributed by atoms with Crippen LogP contribution in [0.1, 0.15) is 0 Å². The van der Waals surface area contributed by atoms with Crippen molar-refractivity contribution in [2.75, 3.05) is 19.0 Å². The topological polar surface area (TPSA) is 80.5 Å². The van der Waals surface area contributed by atoms with E-state index in [1.54, 1.807) is 0 Å². The van der Waals surface area contributed by atoms with Gasteiger partial charge in [-0.15, -0.1) is 11.3 Å². The molecular weight excluding hydrogens is 246 g/mol. The van der Waals surface area contributed by atoms with E-state index in [0.717, 1.165) is 16.9 Å². The molecule has 0 radical (unpaired) electrons. The lowest BCUT2D eigenvalue weighted by Gasteiger charge is -2.12. The predicted octanol–water partition coefficient (Wildman–Crippen LogP) is 1.78. The molecule has 0 aliphatic carbocycles. The summed E-state index contributed by atoms with van der Waals surface area (Å²) in [5, 5.41) is 2.51. The van der Waals surface area contributed by atoms with Crippen LogP contribution in [-0.4, -0.2) is 25.0 Å². The summed E-state index contributed by atoms with van der Waals surface area (Å²) in [5.41, 5.74) is 13.7. The Hall–Kier alpha value is -2.08. The highest BCUT2D eigenvalue weighted by Gasteiger charge is 2.05. The first-order valence-corrected chi connectivity index (χ1v) is 6.27. The maximum atomic E-state index is 5.32. The fourth-order valence-electron chi connectivity index (χ4n) is 1.50. The van der Waals surface area contributed by atoms with Crippen molar-refractivity contribution in [1.82, 2.24) is 4.98 Å². The fourth-order valence-corrected chi connectivity index (χ4v) is 2.22. The van der Waals surface area contributed by atoms with Gasteiger partial charge in [0.05, 0.1) is 5.69 Å². The van der Waals surface area contributed by atoms with Gasteiger partial charge in [-0.1, -0.05) is 12.1 Å². The molecule has 6 heteroatoms. The molecule has 18 heavy (non-hydrogen) atoms. The van der Waals surface area contributed by atoms with Crippen LogP contribution in [0.5, 0.6) is 0 Å². The van der Waals surface area contributed by atoms with E-state index in [2.05, 4.69) is 16.0 Å². The molecule has 94 valence electrons. The van der Waals surface area contributed by atoms with Gasteiger partial charge in [-0.05, 0) is 12.1 Å². The summed E-state index contributed by atoms with van der Waals surface area (Å²) < 4.78 is 0. The molecule has 0 aliphatic rings. The normalized spacial score (nSPS) is 10.1. The fraction of sp³-hybridized carbons (Fsp3) is 0.167. The molecule has 0 saturated heterocycles. The van der Waals surface area contributed by atoms with Crippen LogP contribution in [0.15, 0.2) is 34.6 Å². The lowest BCUT2D eigenvalue weighted by atomic mass is 10.1. The molecule has 0 bridgehead atoms. The van der Waals surface area contributed by atoms with Crippen molar-refractivity contribution in [3.8, 4) is 11.3 Å². The van der Waals surface area contributed by atoms with Gasteiger partial charge in [0, 0.05) is 30.7 Å². The summed E-state index contributed by atoms with van der Waals surface area (Å²) in [6.07, 6.45) is 0. The molecule has 0 spiro atoms. The Balaban J connectivity index is 2.34. The van der Waals surface area contributed by atoms with Crippen molar-refractivity contribution in [1.29, 1.82) is 0 Å². The number of benzene rings is 1. The van der Waals surface area contributed by atoms with Crippen molar-refractivity contribution in [2.45, 2.75) is 0 Å². The summed E-state index contributed by atoms with van der Waals surface area (Å²) in [6, 6.07) is 8.15. The van der Waals surface area contributed by atoms with E-state index in [-0.39, 0.29) is 5.96 Å². The Labute approximate surface area is 110 Å². The van der Waals surface area contributed by atoms with Gasteiger partial charge in [-0.25, -0.2) is 4.98 Å². The first-order chi connectivity index (χ1) is 8.56. The zero-order chi connectivity index (χ0) is 13.1. The summed E-state index contributed by atoms with van der Waals surface area (Å²) in [5.74, 6) is 0.0259. The minimum Gasteiger partial charge on any atom is -0.378 e. The Morgan fingerprint density at radius 2 is 2.11 bits per heavy atom. The molecule has 4 N–H and O–H groups in total. The number of hydrogen-bond donors (Lipinski definition) is 2. The number of thiazole rings is 1. The van der Waals surface area contributed by atoms with Crippen LogP contribution >= 0.6 is 11.3 Å².